The van der Waals surface area contributed by atoms with E-state index >= 15 is 0 Å². The van der Waals surface area contributed by atoms with Gasteiger partial charge < -0.3 is 15.0 Å². The highest BCUT2D eigenvalue weighted by atomic mass is 19.3. The van der Waals surface area contributed by atoms with Crippen LogP contribution in [0.5, 0.6) is 5.75 Å². The fraction of sp³-hybridized carbons (Fsp3) is 0.421. The van der Waals surface area contributed by atoms with Crippen LogP contribution in [0.15, 0.2) is 36.4 Å². The summed E-state index contributed by atoms with van der Waals surface area (Å²) in [6.07, 6.45) is 2.17. The Hall–Kier alpha value is -2.41. The third kappa shape index (κ3) is 4.22. The van der Waals surface area contributed by atoms with Gasteiger partial charge in [-0.3, -0.25) is 9.36 Å². The minimum absolute atomic E-state index is 0.0656. The van der Waals surface area contributed by atoms with Gasteiger partial charge in [0, 0.05) is 24.5 Å². The molecule has 2 aromatic rings. The second-order valence-corrected chi connectivity index (χ2v) is 6.61. The molecule has 0 aliphatic carbocycles. The number of piperidine rings is 1. The molecule has 1 aliphatic heterocycles. The molecule has 1 N–H and O–H groups in total. The Labute approximate surface area is 151 Å². The van der Waals surface area contributed by atoms with Gasteiger partial charge in [-0.05, 0) is 63.2 Å². The Balaban J connectivity index is 1.61. The lowest BCUT2D eigenvalue weighted by Gasteiger charge is -2.29. The number of ether oxygens (including phenoxy) is 1. The number of hydrogen-bond acceptors (Lipinski definition) is 3. The molecule has 0 radical (unpaired) electrons. The van der Waals surface area contributed by atoms with Crippen LogP contribution in [0.25, 0.3) is 0 Å². The van der Waals surface area contributed by atoms with Gasteiger partial charge in [0.2, 0.25) is 0 Å². The molecular formula is C19H23F2N3O2. The average Bonchev–Trinajstić information content (AvgIpc) is 3.00. The van der Waals surface area contributed by atoms with Crippen molar-refractivity contribution in [2.24, 2.45) is 0 Å². The van der Waals surface area contributed by atoms with E-state index in [4.69, 9.17) is 4.74 Å². The third-order valence-corrected chi connectivity index (χ3v) is 4.63. The minimum atomic E-state index is -2.75. The molecule has 0 spiro atoms. The summed E-state index contributed by atoms with van der Waals surface area (Å²) in [6, 6.07) is 9.89. The molecule has 1 amide bonds. The SMILES string of the molecule is Cc1ccc(C(=O)Nc2ccc(OC3CCN(C)CC3)cc2)n1C(F)F. The van der Waals surface area contributed by atoms with E-state index in [0.717, 1.165) is 31.7 Å². The maximum Gasteiger partial charge on any atom is 0.319 e. The Morgan fingerprint density at radius 2 is 1.81 bits per heavy atom. The quantitative estimate of drug-likeness (QED) is 0.876. The first kappa shape index (κ1) is 18.4. The van der Waals surface area contributed by atoms with Gasteiger partial charge in [-0.15, -0.1) is 0 Å². The van der Waals surface area contributed by atoms with E-state index in [0.29, 0.717) is 15.9 Å². The first-order valence-corrected chi connectivity index (χ1v) is 8.66. The molecule has 0 unspecified atom stereocenters. The summed E-state index contributed by atoms with van der Waals surface area (Å²) in [5.41, 5.74) is 0.807. The van der Waals surface area contributed by atoms with Crippen molar-refractivity contribution in [2.75, 3.05) is 25.5 Å². The van der Waals surface area contributed by atoms with Gasteiger partial charge >= 0.3 is 6.55 Å². The van der Waals surface area contributed by atoms with Crippen molar-refractivity contribution < 1.29 is 18.3 Å². The highest BCUT2D eigenvalue weighted by molar-refractivity contribution is 6.03. The molecule has 0 bridgehead atoms. The van der Waals surface area contributed by atoms with E-state index in [-0.39, 0.29) is 11.8 Å². The number of benzene rings is 1. The van der Waals surface area contributed by atoms with Crippen molar-refractivity contribution in [1.82, 2.24) is 9.47 Å². The summed E-state index contributed by atoms with van der Waals surface area (Å²) in [5.74, 6) is 0.173. The largest absolute Gasteiger partial charge is 0.490 e. The molecule has 1 aliphatic rings. The van der Waals surface area contributed by atoms with E-state index in [1.807, 2.05) is 0 Å². The van der Waals surface area contributed by atoms with Gasteiger partial charge in [0.05, 0.1) is 0 Å². The van der Waals surface area contributed by atoms with Crippen molar-refractivity contribution in [3.8, 4) is 5.75 Å². The first-order valence-electron chi connectivity index (χ1n) is 8.66. The lowest BCUT2D eigenvalue weighted by Crippen LogP contribution is -2.35. The number of nitrogens with one attached hydrogen (secondary N) is 1. The molecule has 7 heteroatoms. The standard InChI is InChI=1S/C19H23F2N3O2/c1-13-3-8-17(24(13)19(20)21)18(25)22-14-4-6-15(7-5-14)26-16-9-11-23(2)12-10-16/h3-8,16,19H,9-12H2,1-2H3,(H,22,25). The number of nitrogens with zero attached hydrogens (tertiary/aromatic N) is 2. The van der Waals surface area contributed by atoms with Gasteiger partial charge in [0.1, 0.15) is 17.5 Å². The van der Waals surface area contributed by atoms with Gasteiger partial charge in [-0.25, -0.2) is 0 Å². The Morgan fingerprint density at radius 3 is 2.42 bits per heavy atom. The monoisotopic (exact) mass is 363 g/mol. The number of aromatic nitrogens is 1. The third-order valence-electron chi connectivity index (χ3n) is 4.63. The summed E-state index contributed by atoms with van der Waals surface area (Å²) >= 11 is 0. The maximum absolute atomic E-state index is 13.1. The van der Waals surface area contributed by atoms with Crippen LogP contribution in [0.4, 0.5) is 14.5 Å². The molecule has 1 saturated heterocycles. The zero-order valence-electron chi connectivity index (χ0n) is 14.9. The molecule has 0 saturated carbocycles. The second kappa shape index (κ2) is 7.86. The second-order valence-electron chi connectivity index (χ2n) is 6.61. The molecule has 140 valence electrons. The predicted molar refractivity (Wildman–Crippen MR) is 96.0 cm³/mol. The van der Waals surface area contributed by atoms with Crippen LogP contribution in [0.1, 0.15) is 35.6 Å². The average molecular weight is 363 g/mol. The number of carbonyl (C=O) groups excluding carboxylic acids is 1. The maximum atomic E-state index is 13.1. The van der Waals surface area contributed by atoms with Gasteiger partial charge in [0.15, 0.2) is 0 Å². The predicted octanol–water partition coefficient (Wildman–Crippen LogP) is 3.92. The summed E-state index contributed by atoms with van der Waals surface area (Å²) in [6.45, 7) is 0.818. The smallest absolute Gasteiger partial charge is 0.319 e. The zero-order valence-corrected chi connectivity index (χ0v) is 14.9. The molecular weight excluding hydrogens is 340 g/mol. The topological polar surface area (TPSA) is 46.5 Å². The molecule has 0 atom stereocenters. The number of rotatable bonds is 5. The fourth-order valence-electron chi connectivity index (χ4n) is 3.10. The normalized spacial score (nSPS) is 16.0. The lowest BCUT2D eigenvalue weighted by atomic mass is 10.1. The molecule has 26 heavy (non-hydrogen) atoms. The number of alkyl halides is 2. The van der Waals surface area contributed by atoms with Crippen LogP contribution in [-0.4, -0.2) is 41.6 Å². The highest BCUT2D eigenvalue weighted by Gasteiger charge is 2.20. The Kier molecular flexibility index (Phi) is 5.56. The number of amides is 1. The molecule has 1 fully saturated rings. The van der Waals surface area contributed by atoms with Crippen LogP contribution >= 0.6 is 0 Å². The van der Waals surface area contributed by atoms with Crippen LogP contribution in [0.3, 0.4) is 0 Å². The van der Waals surface area contributed by atoms with Crippen molar-refractivity contribution in [1.29, 1.82) is 0 Å². The summed E-state index contributed by atoms with van der Waals surface area (Å²) in [7, 11) is 2.10. The van der Waals surface area contributed by atoms with Crippen molar-refractivity contribution in [2.45, 2.75) is 32.4 Å². The zero-order chi connectivity index (χ0) is 18.7. The number of halogens is 2. The van der Waals surface area contributed by atoms with Crippen molar-refractivity contribution >= 4 is 11.6 Å². The summed E-state index contributed by atoms with van der Waals surface area (Å²) < 4.78 is 32.8. The summed E-state index contributed by atoms with van der Waals surface area (Å²) in [4.78, 5) is 14.6. The molecule has 1 aromatic carbocycles. The Morgan fingerprint density at radius 1 is 1.15 bits per heavy atom. The number of carbonyl (C=O) groups is 1. The highest BCUT2D eigenvalue weighted by Crippen LogP contribution is 2.23. The first-order chi connectivity index (χ1) is 12.4. The van der Waals surface area contributed by atoms with Gasteiger partial charge in [0.25, 0.3) is 5.91 Å². The van der Waals surface area contributed by atoms with E-state index in [9.17, 15) is 13.6 Å². The number of aryl methyl sites for hydroxylation is 1. The van der Waals surface area contributed by atoms with Crippen LogP contribution < -0.4 is 10.1 Å². The van der Waals surface area contributed by atoms with Gasteiger partial charge in [-0.2, -0.15) is 8.78 Å². The van der Waals surface area contributed by atoms with Crippen molar-refractivity contribution in [3.63, 3.8) is 0 Å². The van der Waals surface area contributed by atoms with E-state index in [2.05, 4.69) is 17.3 Å². The molecule has 3 rings (SSSR count). The van der Waals surface area contributed by atoms with E-state index in [1.165, 1.54) is 19.1 Å². The number of anilines is 1. The minimum Gasteiger partial charge on any atom is -0.490 e. The number of likely N-dealkylation sites (tertiary alicyclic amines) is 1. The lowest BCUT2D eigenvalue weighted by molar-refractivity contribution is 0.0632. The van der Waals surface area contributed by atoms with Gasteiger partial charge in [-0.1, -0.05) is 0 Å². The fourth-order valence-corrected chi connectivity index (χ4v) is 3.10. The van der Waals surface area contributed by atoms with Crippen LogP contribution in [0, 0.1) is 6.92 Å². The molecule has 5 nitrogen and oxygen atoms in total. The summed E-state index contributed by atoms with van der Waals surface area (Å²) in [5, 5.41) is 2.65. The Bertz CT molecular complexity index is 751. The molecule has 2 heterocycles. The van der Waals surface area contributed by atoms with E-state index < -0.39 is 12.5 Å². The number of hydrogen-bond donors (Lipinski definition) is 1. The van der Waals surface area contributed by atoms with Crippen LogP contribution in [0.2, 0.25) is 0 Å². The van der Waals surface area contributed by atoms with Crippen LogP contribution in [-0.2, 0) is 0 Å². The van der Waals surface area contributed by atoms with Crippen molar-refractivity contribution in [3.05, 3.63) is 47.8 Å². The van der Waals surface area contributed by atoms with E-state index in [1.54, 1.807) is 24.3 Å². The molecule has 1 aromatic heterocycles.